The van der Waals surface area contributed by atoms with Crippen molar-refractivity contribution in [3.05, 3.63) is 29.8 Å². The zero-order valence-corrected chi connectivity index (χ0v) is 13.4. The molecule has 0 atom stereocenters. The van der Waals surface area contributed by atoms with Crippen molar-refractivity contribution >= 4 is 18.3 Å². The Morgan fingerprint density at radius 3 is 2.30 bits per heavy atom. The Morgan fingerprint density at radius 1 is 1.30 bits per heavy atom. The van der Waals surface area contributed by atoms with Gasteiger partial charge in [-0.15, -0.1) is 12.4 Å². The average molecular weight is 301 g/mol. The van der Waals surface area contributed by atoms with E-state index in [1.54, 1.807) is 0 Å². The molecule has 0 aliphatic rings. The van der Waals surface area contributed by atoms with Crippen LogP contribution < -0.4 is 15.8 Å². The minimum absolute atomic E-state index is 0. The van der Waals surface area contributed by atoms with Crippen LogP contribution in [0.25, 0.3) is 0 Å². The van der Waals surface area contributed by atoms with Crippen LogP contribution in [0, 0.1) is 5.92 Å². The third-order valence-corrected chi connectivity index (χ3v) is 2.80. The van der Waals surface area contributed by atoms with E-state index in [1.807, 2.05) is 38.1 Å². The van der Waals surface area contributed by atoms with Gasteiger partial charge in [-0.25, -0.2) is 0 Å². The molecule has 0 aliphatic carbocycles. The summed E-state index contributed by atoms with van der Waals surface area (Å²) in [4.78, 5) is 11.4. The standard InChI is InChI=1S/C15H24N2O2.ClH/c1-11(2)10-19-13-7-5-12(6-8-13)15(3,4)17-14(18)9-16;/h5-8,11H,9-10,16H2,1-4H3,(H,17,18);1H. The molecule has 3 N–H and O–H groups in total. The Hall–Kier alpha value is -1.26. The largest absolute Gasteiger partial charge is 0.493 e. The second-order valence-corrected chi connectivity index (χ2v) is 5.61. The zero-order valence-electron chi connectivity index (χ0n) is 12.6. The van der Waals surface area contributed by atoms with Crippen LogP contribution in [0.4, 0.5) is 0 Å². The number of carbonyl (C=O) groups excluding carboxylic acids is 1. The maximum atomic E-state index is 11.4. The van der Waals surface area contributed by atoms with Crippen LogP contribution in [0.1, 0.15) is 33.3 Å². The second-order valence-electron chi connectivity index (χ2n) is 5.61. The Kier molecular flexibility index (Phi) is 7.61. The van der Waals surface area contributed by atoms with Gasteiger partial charge in [0.2, 0.25) is 5.91 Å². The van der Waals surface area contributed by atoms with E-state index in [-0.39, 0.29) is 24.9 Å². The fraction of sp³-hybridized carbons (Fsp3) is 0.533. The summed E-state index contributed by atoms with van der Waals surface area (Å²) in [7, 11) is 0. The summed E-state index contributed by atoms with van der Waals surface area (Å²) in [6, 6.07) is 7.78. The smallest absolute Gasteiger partial charge is 0.234 e. The number of rotatable bonds is 6. The third kappa shape index (κ3) is 5.80. The molecular weight excluding hydrogens is 276 g/mol. The number of benzene rings is 1. The maximum absolute atomic E-state index is 11.4. The lowest BCUT2D eigenvalue weighted by Gasteiger charge is -2.27. The highest BCUT2D eigenvalue weighted by Gasteiger charge is 2.22. The topological polar surface area (TPSA) is 64.3 Å². The lowest BCUT2D eigenvalue weighted by Crippen LogP contribution is -2.43. The Morgan fingerprint density at radius 2 is 1.85 bits per heavy atom. The van der Waals surface area contributed by atoms with Gasteiger partial charge in [-0.1, -0.05) is 26.0 Å². The van der Waals surface area contributed by atoms with Crippen molar-refractivity contribution in [2.75, 3.05) is 13.2 Å². The molecule has 1 rings (SSSR count). The lowest BCUT2D eigenvalue weighted by molar-refractivity contribution is -0.121. The first-order chi connectivity index (χ1) is 8.85. The van der Waals surface area contributed by atoms with Crippen molar-refractivity contribution in [1.82, 2.24) is 5.32 Å². The molecule has 0 unspecified atom stereocenters. The first kappa shape index (κ1) is 18.7. The van der Waals surface area contributed by atoms with Crippen molar-refractivity contribution in [3.8, 4) is 5.75 Å². The zero-order chi connectivity index (χ0) is 14.5. The number of hydrogen-bond acceptors (Lipinski definition) is 3. The molecule has 114 valence electrons. The van der Waals surface area contributed by atoms with E-state index < -0.39 is 5.54 Å². The van der Waals surface area contributed by atoms with Crippen LogP contribution in [0.15, 0.2) is 24.3 Å². The third-order valence-electron chi connectivity index (χ3n) is 2.80. The van der Waals surface area contributed by atoms with Crippen LogP contribution in [-0.2, 0) is 10.3 Å². The molecule has 0 spiro atoms. The monoisotopic (exact) mass is 300 g/mol. The Balaban J connectivity index is 0.00000361. The highest BCUT2D eigenvalue weighted by Crippen LogP contribution is 2.22. The van der Waals surface area contributed by atoms with Crippen molar-refractivity contribution in [3.63, 3.8) is 0 Å². The summed E-state index contributed by atoms with van der Waals surface area (Å²) in [5.41, 5.74) is 5.90. The van der Waals surface area contributed by atoms with Gasteiger partial charge in [0.05, 0.1) is 18.7 Å². The summed E-state index contributed by atoms with van der Waals surface area (Å²) in [6.07, 6.45) is 0. The van der Waals surface area contributed by atoms with Crippen LogP contribution in [0.5, 0.6) is 5.75 Å². The number of amides is 1. The summed E-state index contributed by atoms with van der Waals surface area (Å²) in [6.45, 7) is 8.82. The predicted octanol–water partition coefficient (Wildman–Crippen LogP) is 2.45. The fourth-order valence-corrected chi connectivity index (χ4v) is 1.70. The number of carbonyl (C=O) groups is 1. The van der Waals surface area contributed by atoms with Gasteiger partial charge in [-0.2, -0.15) is 0 Å². The van der Waals surface area contributed by atoms with Crippen LogP contribution in [0.3, 0.4) is 0 Å². The van der Waals surface area contributed by atoms with Gasteiger partial charge < -0.3 is 15.8 Å². The van der Waals surface area contributed by atoms with E-state index in [0.29, 0.717) is 12.5 Å². The van der Waals surface area contributed by atoms with Gasteiger partial charge in [0.25, 0.3) is 0 Å². The molecule has 0 radical (unpaired) electrons. The molecule has 0 saturated carbocycles. The first-order valence-electron chi connectivity index (χ1n) is 6.59. The summed E-state index contributed by atoms with van der Waals surface area (Å²) >= 11 is 0. The molecule has 0 aliphatic heterocycles. The molecule has 0 fully saturated rings. The molecule has 4 nitrogen and oxygen atoms in total. The van der Waals surface area contributed by atoms with Gasteiger partial charge in [-0.05, 0) is 37.5 Å². The van der Waals surface area contributed by atoms with Crippen molar-refractivity contribution in [1.29, 1.82) is 0 Å². The normalized spacial score (nSPS) is 10.9. The van der Waals surface area contributed by atoms with Gasteiger partial charge in [0, 0.05) is 0 Å². The minimum Gasteiger partial charge on any atom is -0.493 e. The number of halogens is 1. The molecule has 0 heterocycles. The summed E-state index contributed by atoms with van der Waals surface area (Å²) in [5, 5.41) is 2.89. The van der Waals surface area contributed by atoms with Crippen molar-refractivity contribution < 1.29 is 9.53 Å². The molecule has 0 bridgehead atoms. The highest BCUT2D eigenvalue weighted by molar-refractivity contribution is 5.85. The number of hydrogen-bond donors (Lipinski definition) is 2. The lowest BCUT2D eigenvalue weighted by atomic mass is 9.94. The van der Waals surface area contributed by atoms with E-state index in [2.05, 4.69) is 19.2 Å². The Bertz CT molecular complexity index is 416. The number of nitrogens with one attached hydrogen (secondary N) is 1. The van der Waals surface area contributed by atoms with E-state index >= 15 is 0 Å². The van der Waals surface area contributed by atoms with Crippen molar-refractivity contribution in [2.45, 2.75) is 33.2 Å². The van der Waals surface area contributed by atoms with Crippen LogP contribution in [0.2, 0.25) is 0 Å². The van der Waals surface area contributed by atoms with E-state index in [1.165, 1.54) is 0 Å². The van der Waals surface area contributed by atoms with Gasteiger partial charge in [-0.3, -0.25) is 4.79 Å². The molecule has 5 heteroatoms. The van der Waals surface area contributed by atoms with E-state index in [4.69, 9.17) is 10.5 Å². The molecule has 0 aromatic heterocycles. The SMILES string of the molecule is CC(C)COc1ccc(C(C)(C)NC(=O)CN)cc1.Cl. The first-order valence-corrected chi connectivity index (χ1v) is 6.59. The van der Waals surface area contributed by atoms with Crippen LogP contribution >= 0.6 is 12.4 Å². The van der Waals surface area contributed by atoms with Gasteiger partial charge in [0.1, 0.15) is 5.75 Å². The second kappa shape index (κ2) is 8.12. The number of ether oxygens (including phenoxy) is 1. The quantitative estimate of drug-likeness (QED) is 0.848. The highest BCUT2D eigenvalue weighted by atomic mass is 35.5. The molecule has 1 aromatic rings. The van der Waals surface area contributed by atoms with Crippen molar-refractivity contribution in [2.24, 2.45) is 11.7 Å². The molecule has 0 saturated heterocycles. The maximum Gasteiger partial charge on any atom is 0.234 e. The van der Waals surface area contributed by atoms with E-state index in [0.717, 1.165) is 11.3 Å². The number of nitrogens with two attached hydrogens (primary N) is 1. The van der Waals surface area contributed by atoms with Crippen LogP contribution in [-0.4, -0.2) is 19.1 Å². The molecule has 20 heavy (non-hydrogen) atoms. The van der Waals surface area contributed by atoms with Gasteiger partial charge >= 0.3 is 0 Å². The molecule has 1 aromatic carbocycles. The Labute approximate surface area is 127 Å². The molecular formula is C15H25ClN2O2. The minimum atomic E-state index is -0.437. The fourth-order valence-electron chi connectivity index (χ4n) is 1.70. The molecule has 1 amide bonds. The summed E-state index contributed by atoms with van der Waals surface area (Å²) in [5.74, 6) is 1.18. The average Bonchev–Trinajstić information content (AvgIpc) is 2.36. The summed E-state index contributed by atoms with van der Waals surface area (Å²) < 4.78 is 5.63. The van der Waals surface area contributed by atoms with Gasteiger partial charge in [0.15, 0.2) is 0 Å². The predicted molar refractivity (Wildman–Crippen MR) is 84.2 cm³/mol. The van der Waals surface area contributed by atoms with E-state index in [9.17, 15) is 4.79 Å².